The van der Waals surface area contributed by atoms with Crippen molar-refractivity contribution in [3.63, 3.8) is 0 Å². The minimum absolute atomic E-state index is 0.0737. The molecule has 168 valence electrons. The average molecular weight is 473 g/mol. The molecule has 0 unspecified atom stereocenters. The number of nitrogens with one attached hydrogen (secondary N) is 1. The lowest BCUT2D eigenvalue weighted by Crippen LogP contribution is -2.38. The zero-order valence-electron chi connectivity index (χ0n) is 16.9. The van der Waals surface area contributed by atoms with Crippen molar-refractivity contribution < 1.29 is 27.1 Å². The maximum atomic E-state index is 14.5. The van der Waals surface area contributed by atoms with E-state index in [1.54, 1.807) is 6.92 Å². The third kappa shape index (κ3) is 5.60. The van der Waals surface area contributed by atoms with Crippen LogP contribution in [0.25, 0.3) is 0 Å². The van der Waals surface area contributed by atoms with E-state index in [1.807, 2.05) is 0 Å². The van der Waals surface area contributed by atoms with Crippen molar-refractivity contribution in [1.82, 2.24) is 4.31 Å². The number of anilines is 1. The number of nitrogens with zero attached hydrogens (tertiary/aromatic N) is 1. The first kappa shape index (κ1) is 23.6. The monoisotopic (exact) mass is 472 g/mol. The number of sulfonamides is 1. The second-order valence-electron chi connectivity index (χ2n) is 7.84. The van der Waals surface area contributed by atoms with Gasteiger partial charge in [-0.2, -0.15) is 4.31 Å². The molecule has 3 rings (SSSR count). The maximum Gasteiger partial charge on any atom is 0.255 e. The van der Waals surface area contributed by atoms with Crippen LogP contribution >= 0.6 is 11.6 Å². The van der Waals surface area contributed by atoms with Gasteiger partial charge in [-0.25, -0.2) is 17.2 Å². The summed E-state index contributed by atoms with van der Waals surface area (Å²) in [5.74, 6) is -2.30. The number of amides is 1. The number of carbonyl (C=O) groups is 1. The van der Waals surface area contributed by atoms with Gasteiger partial charge >= 0.3 is 0 Å². The Bertz CT molecular complexity index is 1080. The van der Waals surface area contributed by atoms with Gasteiger partial charge in [-0.15, -0.1) is 0 Å². The Morgan fingerprint density at radius 1 is 1.10 bits per heavy atom. The minimum atomic E-state index is -4.18. The summed E-state index contributed by atoms with van der Waals surface area (Å²) in [6, 6.07) is 6.67. The van der Waals surface area contributed by atoms with Gasteiger partial charge in [-0.05, 0) is 69.0 Å². The van der Waals surface area contributed by atoms with E-state index in [-0.39, 0.29) is 29.4 Å². The highest BCUT2D eigenvalue weighted by Crippen LogP contribution is 2.27. The summed E-state index contributed by atoms with van der Waals surface area (Å²) in [6.45, 7) is 2.00. The predicted molar refractivity (Wildman–Crippen MR) is 114 cm³/mol. The quantitative estimate of drug-likeness (QED) is 0.698. The molecular formula is C21H23ClF2N2O4S. The topological polar surface area (TPSA) is 86.7 Å². The molecule has 2 aromatic carbocycles. The van der Waals surface area contributed by atoms with Crippen molar-refractivity contribution in [1.29, 1.82) is 0 Å². The number of hydrogen-bond donors (Lipinski definition) is 2. The largest absolute Gasteiger partial charge is 0.390 e. The molecule has 0 atom stereocenters. The molecule has 0 spiro atoms. The Morgan fingerprint density at radius 2 is 1.71 bits per heavy atom. The number of halogens is 3. The van der Waals surface area contributed by atoms with E-state index in [9.17, 15) is 27.1 Å². The fourth-order valence-electron chi connectivity index (χ4n) is 3.51. The van der Waals surface area contributed by atoms with E-state index in [0.29, 0.717) is 25.7 Å². The number of benzene rings is 2. The molecule has 1 heterocycles. The minimum Gasteiger partial charge on any atom is -0.390 e. The van der Waals surface area contributed by atoms with E-state index < -0.39 is 38.1 Å². The van der Waals surface area contributed by atoms with Gasteiger partial charge in [0.1, 0.15) is 16.5 Å². The summed E-state index contributed by atoms with van der Waals surface area (Å²) >= 11 is 5.70. The van der Waals surface area contributed by atoms with Gasteiger partial charge in [-0.3, -0.25) is 4.79 Å². The Kier molecular flexibility index (Phi) is 7.00. The molecule has 0 saturated carbocycles. The number of aliphatic hydroxyl groups is 1. The summed E-state index contributed by atoms with van der Waals surface area (Å²) < 4.78 is 55.1. The van der Waals surface area contributed by atoms with Crippen LogP contribution < -0.4 is 5.32 Å². The predicted octanol–water partition coefficient (Wildman–Crippen LogP) is 4.19. The van der Waals surface area contributed by atoms with Crippen LogP contribution in [0.2, 0.25) is 5.02 Å². The normalized spacial score (nSPS) is 17.6. The number of carbonyl (C=O) groups excluding carboxylic acids is 1. The summed E-state index contributed by atoms with van der Waals surface area (Å²) in [5.41, 5.74) is -0.709. The van der Waals surface area contributed by atoms with Gasteiger partial charge < -0.3 is 10.4 Å². The molecule has 0 aliphatic carbocycles. The smallest absolute Gasteiger partial charge is 0.255 e. The molecule has 0 radical (unpaired) electrons. The molecule has 1 aliphatic heterocycles. The van der Waals surface area contributed by atoms with Crippen molar-refractivity contribution in [2.75, 3.05) is 18.4 Å². The summed E-state index contributed by atoms with van der Waals surface area (Å²) in [4.78, 5) is 11.9. The van der Waals surface area contributed by atoms with E-state index in [0.717, 1.165) is 18.2 Å². The molecule has 1 amide bonds. The second-order valence-corrected chi connectivity index (χ2v) is 10.1. The van der Waals surface area contributed by atoms with E-state index in [1.165, 1.54) is 22.5 Å². The fraction of sp³-hybridized carbons (Fsp3) is 0.381. The first-order chi connectivity index (χ1) is 14.5. The molecule has 1 fully saturated rings. The highest BCUT2D eigenvalue weighted by Gasteiger charge is 2.31. The first-order valence-electron chi connectivity index (χ1n) is 9.78. The maximum absolute atomic E-state index is 14.5. The fourth-order valence-corrected chi connectivity index (χ4v) is 5.30. The highest BCUT2D eigenvalue weighted by atomic mass is 35.5. The van der Waals surface area contributed by atoms with Crippen molar-refractivity contribution >= 4 is 33.2 Å². The lowest BCUT2D eigenvalue weighted by molar-refractivity contribution is 0.0297. The SMILES string of the molecule is CC1(O)CCCN(S(=O)(=O)c2cc(C(=O)Nc3ccc(F)c(Cl)c3)ccc2F)CCC1. The van der Waals surface area contributed by atoms with Crippen molar-refractivity contribution in [3.05, 3.63) is 58.6 Å². The Labute approximate surface area is 184 Å². The molecule has 2 N–H and O–H groups in total. The lowest BCUT2D eigenvalue weighted by Gasteiger charge is -2.30. The van der Waals surface area contributed by atoms with Crippen LogP contribution in [0.15, 0.2) is 41.3 Å². The summed E-state index contributed by atoms with van der Waals surface area (Å²) in [5, 5.41) is 12.5. The molecule has 0 aromatic heterocycles. The van der Waals surface area contributed by atoms with Crippen molar-refractivity contribution in [2.24, 2.45) is 0 Å². The van der Waals surface area contributed by atoms with E-state index in [2.05, 4.69) is 5.32 Å². The summed E-state index contributed by atoms with van der Waals surface area (Å²) in [7, 11) is -4.18. The van der Waals surface area contributed by atoms with Gasteiger partial charge in [-0.1, -0.05) is 11.6 Å². The van der Waals surface area contributed by atoms with Crippen LogP contribution in [0.3, 0.4) is 0 Å². The van der Waals surface area contributed by atoms with E-state index >= 15 is 0 Å². The van der Waals surface area contributed by atoms with Crippen LogP contribution in [0, 0.1) is 11.6 Å². The van der Waals surface area contributed by atoms with Crippen LogP contribution in [0.4, 0.5) is 14.5 Å². The van der Waals surface area contributed by atoms with Crippen molar-refractivity contribution in [2.45, 2.75) is 43.1 Å². The van der Waals surface area contributed by atoms with Crippen LogP contribution in [-0.2, 0) is 10.0 Å². The zero-order chi connectivity index (χ0) is 22.8. The van der Waals surface area contributed by atoms with Gasteiger partial charge in [0.15, 0.2) is 0 Å². The zero-order valence-corrected chi connectivity index (χ0v) is 18.4. The van der Waals surface area contributed by atoms with E-state index in [4.69, 9.17) is 11.6 Å². The molecule has 6 nitrogen and oxygen atoms in total. The van der Waals surface area contributed by atoms with Crippen molar-refractivity contribution in [3.8, 4) is 0 Å². The van der Waals surface area contributed by atoms with Crippen LogP contribution in [-0.4, -0.2) is 42.4 Å². The van der Waals surface area contributed by atoms with Gasteiger partial charge in [0.05, 0.1) is 10.6 Å². The van der Waals surface area contributed by atoms with Crippen LogP contribution in [0.5, 0.6) is 0 Å². The molecular weight excluding hydrogens is 450 g/mol. The Hall–Kier alpha value is -2.07. The standard InChI is InChI=1S/C21H23ClF2N2O4S/c1-21(28)8-2-10-26(11-3-9-21)31(29,30)19-12-14(4-6-18(19)24)20(27)25-15-5-7-17(23)16(22)13-15/h4-7,12-13,28H,2-3,8-11H2,1H3,(H,25,27). The lowest BCUT2D eigenvalue weighted by atomic mass is 9.93. The second kappa shape index (κ2) is 9.20. The molecule has 31 heavy (non-hydrogen) atoms. The number of hydrogen-bond acceptors (Lipinski definition) is 4. The third-order valence-electron chi connectivity index (χ3n) is 5.23. The average Bonchev–Trinajstić information content (AvgIpc) is 2.68. The molecule has 1 aliphatic rings. The highest BCUT2D eigenvalue weighted by molar-refractivity contribution is 7.89. The Balaban J connectivity index is 1.83. The van der Waals surface area contributed by atoms with Gasteiger partial charge in [0.2, 0.25) is 10.0 Å². The third-order valence-corrected chi connectivity index (χ3v) is 7.44. The molecule has 2 aromatic rings. The number of rotatable bonds is 4. The molecule has 1 saturated heterocycles. The summed E-state index contributed by atoms with van der Waals surface area (Å²) in [6.07, 6.45) is 1.73. The first-order valence-corrected chi connectivity index (χ1v) is 11.6. The Morgan fingerprint density at radius 3 is 2.32 bits per heavy atom. The molecule has 10 heteroatoms. The molecule has 0 bridgehead atoms. The van der Waals surface area contributed by atoms with Crippen LogP contribution in [0.1, 0.15) is 43.0 Å². The van der Waals surface area contributed by atoms with Gasteiger partial charge in [0.25, 0.3) is 5.91 Å². The van der Waals surface area contributed by atoms with Gasteiger partial charge in [0, 0.05) is 24.3 Å².